The van der Waals surface area contributed by atoms with Crippen LogP contribution in [0.4, 0.5) is 14.5 Å². The minimum Gasteiger partial charge on any atom is -0.380 e. The van der Waals surface area contributed by atoms with Gasteiger partial charge in [-0.05, 0) is 51.5 Å². The molecule has 0 fully saturated rings. The zero-order chi connectivity index (χ0) is 15.8. The van der Waals surface area contributed by atoms with Crippen LogP contribution in [0.3, 0.4) is 0 Å². The van der Waals surface area contributed by atoms with E-state index in [1.165, 1.54) is 12.1 Å². The molecule has 0 aliphatic carbocycles. The Hall–Kier alpha value is -1.67. The standard InChI is InChI=1S/C16H23F2N3/c1-4-21(5-2)10-6-7-12(3)20-14-9-8-13(11-19)15(17)16(14)18/h8-9,12,20H,4-7,10H2,1-3H3. The largest absolute Gasteiger partial charge is 0.380 e. The van der Waals surface area contributed by atoms with E-state index in [-0.39, 0.29) is 17.3 Å². The molecule has 0 saturated heterocycles. The van der Waals surface area contributed by atoms with Crippen LogP contribution in [0, 0.1) is 23.0 Å². The molecule has 0 radical (unpaired) electrons. The first-order valence-corrected chi connectivity index (χ1v) is 7.40. The highest BCUT2D eigenvalue weighted by atomic mass is 19.2. The number of rotatable bonds is 8. The second kappa shape index (κ2) is 8.58. The summed E-state index contributed by atoms with van der Waals surface area (Å²) in [7, 11) is 0. The molecule has 0 aliphatic rings. The lowest BCUT2D eigenvalue weighted by atomic mass is 10.1. The first kappa shape index (κ1) is 17.4. The van der Waals surface area contributed by atoms with Crippen LogP contribution in [0.1, 0.15) is 39.2 Å². The Morgan fingerprint density at radius 1 is 1.24 bits per heavy atom. The van der Waals surface area contributed by atoms with Crippen molar-refractivity contribution in [3.63, 3.8) is 0 Å². The maximum atomic E-state index is 13.8. The first-order chi connectivity index (χ1) is 10.0. The molecule has 0 aromatic heterocycles. The van der Waals surface area contributed by atoms with Gasteiger partial charge in [-0.15, -0.1) is 0 Å². The third kappa shape index (κ3) is 4.98. The van der Waals surface area contributed by atoms with Gasteiger partial charge in [0.15, 0.2) is 11.6 Å². The lowest BCUT2D eigenvalue weighted by molar-refractivity contribution is 0.295. The average molecular weight is 295 g/mol. The van der Waals surface area contributed by atoms with Gasteiger partial charge in [0.2, 0.25) is 0 Å². The predicted molar refractivity (Wildman–Crippen MR) is 81.2 cm³/mol. The van der Waals surface area contributed by atoms with Crippen LogP contribution in [0.5, 0.6) is 0 Å². The fraction of sp³-hybridized carbons (Fsp3) is 0.562. The maximum absolute atomic E-state index is 13.8. The number of nitrogens with zero attached hydrogens (tertiary/aromatic N) is 2. The third-order valence-corrected chi connectivity index (χ3v) is 3.61. The molecule has 0 aliphatic heterocycles. The highest BCUT2D eigenvalue weighted by Crippen LogP contribution is 2.21. The van der Waals surface area contributed by atoms with Crippen LogP contribution >= 0.6 is 0 Å². The van der Waals surface area contributed by atoms with Crippen LogP contribution < -0.4 is 5.32 Å². The van der Waals surface area contributed by atoms with Crippen molar-refractivity contribution in [1.82, 2.24) is 4.90 Å². The average Bonchev–Trinajstić information content (AvgIpc) is 2.49. The van der Waals surface area contributed by atoms with Gasteiger partial charge in [0.25, 0.3) is 0 Å². The van der Waals surface area contributed by atoms with Crippen molar-refractivity contribution >= 4 is 5.69 Å². The highest BCUT2D eigenvalue weighted by molar-refractivity contribution is 5.50. The van der Waals surface area contributed by atoms with Crippen molar-refractivity contribution in [3.05, 3.63) is 29.3 Å². The number of hydrogen-bond donors (Lipinski definition) is 1. The number of nitriles is 1. The second-order valence-corrected chi connectivity index (χ2v) is 5.11. The molecule has 1 aromatic rings. The van der Waals surface area contributed by atoms with Crippen LogP contribution in [0.15, 0.2) is 12.1 Å². The van der Waals surface area contributed by atoms with Crippen LogP contribution in [-0.2, 0) is 0 Å². The number of anilines is 1. The fourth-order valence-corrected chi connectivity index (χ4v) is 2.25. The molecule has 116 valence electrons. The number of halogens is 2. The first-order valence-electron chi connectivity index (χ1n) is 7.40. The lowest BCUT2D eigenvalue weighted by Gasteiger charge is -2.20. The predicted octanol–water partition coefficient (Wildman–Crippen LogP) is 3.76. The van der Waals surface area contributed by atoms with E-state index in [4.69, 9.17) is 5.26 Å². The number of hydrogen-bond acceptors (Lipinski definition) is 3. The molecular weight excluding hydrogens is 272 g/mol. The molecular formula is C16H23F2N3. The van der Waals surface area contributed by atoms with Crippen molar-refractivity contribution in [2.24, 2.45) is 0 Å². The van der Waals surface area contributed by atoms with E-state index in [0.29, 0.717) is 0 Å². The molecule has 0 bridgehead atoms. The monoisotopic (exact) mass is 295 g/mol. The van der Waals surface area contributed by atoms with E-state index in [1.54, 1.807) is 6.07 Å². The summed E-state index contributed by atoms with van der Waals surface area (Å²) in [5, 5.41) is 11.6. The topological polar surface area (TPSA) is 39.1 Å². The summed E-state index contributed by atoms with van der Waals surface area (Å²) in [4.78, 5) is 2.33. The molecule has 0 heterocycles. The van der Waals surface area contributed by atoms with Gasteiger partial charge in [0, 0.05) is 6.04 Å². The van der Waals surface area contributed by atoms with Gasteiger partial charge >= 0.3 is 0 Å². The van der Waals surface area contributed by atoms with Crippen molar-refractivity contribution in [3.8, 4) is 6.07 Å². The molecule has 1 unspecified atom stereocenters. The van der Waals surface area contributed by atoms with Crippen molar-refractivity contribution in [2.45, 2.75) is 39.7 Å². The Labute approximate surface area is 125 Å². The molecule has 1 N–H and O–H groups in total. The van der Waals surface area contributed by atoms with Crippen LogP contribution in [0.2, 0.25) is 0 Å². The number of nitrogens with one attached hydrogen (secondary N) is 1. The van der Waals surface area contributed by atoms with Gasteiger partial charge in [-0.2, -0.15) is 5.26 Å². The van der Waals surface area contributed by atoms with Gasteiger partial charge in [-0.3, -0.25) is 0 Å². The van der Waals surface area contributed by atoms with E-state index in [2.05, 4.69) is 24.1 Å². The van der Waals surface area contributed by atoms with Crippen molar-refractivity contribution in [2.75, 3.05) is 25.0 Å². The minimum absolute atomic E-state index is 0.0439. The lowest BCUT2D eigenvalue weighted by Crippen LogP contribution is -2.25. The summed E-state index contributed by atoms with van der Waals surface area (Å²) in [5.41, 5.74) is -0.158. The molecule has 0 saturated carbocycles. The summed E-state index contributed by atoms with van der Waals surface area (Å²) in [6, 6.07) is 4.38. The molecule has 5 heteroatoms. The second-order valence-electron chi connectivity index (χ2n) is 5.11. The van der Waals surface area contributed by atoms with E-state index in [0.717, 1.165) is 32.5 Å². The van der Waals surface area contributed by atoms with Gasteiger partial charge in [-0.25, -0.2) is 8.78 Å². The fourth-order valence-electron chi connectivity index (χ4n) is 2.25. The molecule has 1 rings (SSSR count). The van der Waals surface area contributed by atoms with E-state index in [1.807, 2.05) is 6.92 Å². The smallest absolute Gasteiger partial charge is 0.183 e. The Morgan fingerprint density at radius 2 is 1.90 bits per heavy atom. The summed E-state index contributed by atoms with van der Waals surface area (Å²) in [6.45, 7) is 9.24. The summed E-state index contributed by atoms with van der Waals surface area (Å²) < 4.78 is 27.3. The highest BCUT2D eigenvalue weighted by Gasteiger charge is 2.14. The van der Waals surface area contributed by atoms with Gasteiger partial charge < -0.3 is 10.2 Å². The summed E-state index contributed by atoms with van der Waals surface area (Å²) in [5.74, 6) is -2.07. The Morgan fingerprint density at radius 3 is 2.48 bits per heavy atom. The van der Waals surface area contributed by atoms with Gasteiger partial charge in [-0.1, -0.05) is 13.8 Å². The molecule has 0 amide bonds. The van der Waals surface area contributed by atoms with E-state index < -0.39 is 11.6 Å². The zero-order valence-electron chi connectivity index (χ0n) is 12.9. The van der Waals surface area contributed by atoms with Crippen LogP contribution in [-0.4, -0.2) is 30.6 Å². The van der Waals surface area contributed by atoms with E-state index >= 15 is 0 Å². The normalized spacial score (nSPS) is 12.2. The Balaban J connectivity index is 2.54. The van der Waals surface area contributed by atoms with Crippen molar-refractivity contribution in [1.29, 1.82) is 5.26 Å². The molecule has 3 nitrogen and oxygen atoms in total. The molecule has 1 atom stereocenters. The summed E-state index contributed by atoms with van der Waals surface area (Å²) in [6.07, 6.45) is 1.87. The van der Waals surface area contributed by atoms with E-state index in [9.17, 15) is 8.78 Å². The third-order valence-electron chi connectivity index (χ3n) is 3.61. The van der Waals surface area contributed by atoms with Crippen LogP contribution in [0.25, 0.3) is 0 Å². The molecule has 0 spiro atoms. The van der Waals surface area contributed by atoms with Gasteiger partial charge in [0.1, 0.15) is 6.07 Å². The minimum atomic E-state index is -1.09. The quantitative estimate of drug-likeness (QED) is 0.793. The van der Waals surface area contributed by atoms with Gasteiger partial charge in [0.05, 0.1) is 11.3 Å². The Kier molecular flexibility index (Phi) is 7.10. The molecule has 21 heavy (non-hydrogen) atoms. The number of benzene rings is 1. The molecule has 1 aromatic carbocycles. The summed E-state index contributed by atoms with van der Waals surface area (Å²) >= 11 is 0. The SMILES string of the molecule is CCN(CC)CCCC(C)Nc1ccc(C#N)c(F)c1F. The maximum Gasteiger partial charge on any atom is 0.183 e. The zero-order valence-corrected chi connectivity index (χ0v) is 12.9. The Bertz CT molecular complexity index is 493. The van der Waals surface area contributed by atoms with Crippen molar-refractivity contribution < 1.29 is 8.78 Å².